The first-order valence-corrected chi connectivity index (χ1v) is 6.38. The summed E-state index contributed by atoms with van der Waals surface area (Å²) in [5.41, 5.74) is -0.0620. The molecule has 1 aromatic carbocycles. The lowest BCUT2D eigenvalue weighted by atomic mass is 10.2. The summed E-state index contributed by atoms with van der Waals surface area (Å²) in [6.07, 6.45) is 1.38. The second kappa shape index (κ2) is 5.93. The molecule has 102 valence electrons. The quantitative estimate of drug-likeness (QED) is 0.517. The number of nitro benzene ring substituents is 1. The molecule has 0 spiro atoms. The van der Waals surface area contributed by atoms with E-state index in [9.17, 15) is 14.9 Å². The van der Waals surface area contributed by atoms with E-state index < -0.39 is 10.8 Å². The molecule has 0 atom stereocenters. The molecule has 1 amide bonds. The van der Waals surface area contributed by atoms with E-state index in [4.69, 9.17) is 11.6 Å². The minimum atomic E-state index is -0.581. The van der Waals surface area contributed by atoms with Gasteiger partial charge in [-0.3, -0.25) is 14.9 Å². The van der Waals surface area contributed by atoms with Crippen molar-refractivity contribution in [2.75, 3.05) is 5.32 Å². The fraction of sp³-hybridized carbons (Fsp3) is 0. The summed E-state index contributed by atoms with van der Waals surface area (Å²) >= 11 is 8.64. The zero-order chi connectivity index (χ0) is 14.7. The van der Waals surface area contributed by atoms with Gasteiger partial charge in [0.1, 0.15) is 5.82 Å². The number of hydrogen-bond donors (Lipinski definition) is 1. The molecule has 20 heavy (non-hydrogen) atoms. The zero-order valence-electron chi connectivity index (χ0n) is 9.71. The Morgan fingerprint density at radius 3 is 2.80 bits per heavy atom. The van der Waals surface area contributed by atoms with Gasteiger partial charge in [0.15, 0.2) is 0 Å². The predicted molar refractivity (Wildman–Crippen MR) is 75.8 cm³/mol. The van der Waals surface area contributed by atoms with Gasteiger partial charge in [-0.1, -0.05) is 0 Å². The van der Waals surface area contributed by atoms with Crippen LogP contribution in [0.15, 0.2) is 34.9 Å². The van der Waals surface area contributed by atoms with Gasteiger partial charge in [-0.05, 0) is 45.7 Å². The van der Waals surface area contributed by atoms with Crippen molar-refractivity contribution in [2.24, 2.45) is 0 Å². The Balaban J connectivity index is 2.26. The number of benzene rings is 1. The van der Waals surface area contributed by atoms with Crippen LogP contribution < -0.4 is 5.32 Å². The van der Waals surface area contributed by atoms with E-state index in [2.05, 4.69) is 31.2 Å². The number of aromatic nitrogens is 2. The number of hydrogen-bond acceptors (Lipinski definition) is 5. The molecule has 0 bridgehead atoms. The maximum Gasteiger partial charge on any atom is 0.284 e. The van der Waals surface area contributed by atoms with Crippen LogP contribution in [0.2, 0.25) is 5.28 Å². The van der Waals surface area contributed by atoms with E-state index in [1.54, 1.807) is 0 Å². The van der Waals surface area contributed by atoms with Gasteiger partial charge in [0.25, 0.3) is 11.6 Å². The zero-order valence-corrected chi connectivity index (χ0v) is 12.1. The normalized spacial score (nSPS) is 10.1. The molecule has 2 rings (SSSR count). The number of nitrogens with one attached hydrogen (secondary N) is 1. The molecule has 0 fully saturated rings. The second-order valence-corrected chi connectivity index (χ2v) is 4.78. The van der Waals surface area contributed by atoms with Crippen molar-refractivity contribution in [1.29, 1.82) is 0 Å². The number of nitrogens with zero attached hydrogens (tertiary/aromatic N) is 3. The summed E-state index contributed by atoms with van der Waals surface area (Å²) in [5, 5.41) is 13.3. The van der Waals surface area contributed by atoms with Crippen LogP contribution in [0.25, 0.3) is 0 Å². The summed E-state index contributed by atoms with van der Waals surface area (Å²) in [7, 11) is 0. The van der Waals surface area contributed by atoms with E-state index in [-0.39, 0.29) is 22.4 Å². The van der Waals surface area contributed by atoms with Gasteiger partial charge in [0, 0.05) is 17.8 Å². The highest BCUT2D eigenvalue weighted by Gasteiger charge is 2.16. The number of carbonyl (C=O) groups is 1. The lowest BCUT2D eigenvalue weighted by Crippen LogP contribution is -2.13. The van der Waals surface area contributed by atoms with E-state index >= 15 is 0 Å². The molecule has 0 aliphatic carbocycles. The molecule has 1 heterocycles. The standard InChI is InChI=1S/C11H6BrClN4O3/c12-7-2-1-6(5-8(7)17(19)20)10(18)15-9-3-4-14-11(13)16-9/h1-5H,(H,14,15,16,18). The summed E-state index contributed by atoms with van der Waals surface area (Å²) in [6, 6.07) is 5.51. The SMILES string of the molecule is O=C(Nc1ccnc(Cl)n1)c1ccc(Br)c([N+](=O)[O-])c1. The van der Waals surface area contributed by atoms with Gasteiger partial charge < -0.3 is 5.32 Å². The van der Waals surface area contributed by atoms with Gasteiger partial charge in [-0.2, -0.15) is 0 Å². The summed E-state index contributed by atoms with van der Waals surface area (Å²) < 4.78 is 0.295. The van der Waals surface area contributed by atoms with E-state index in [1.165, 1.54) is 30.5 Å². The Morgan fingerprint density at radius 2 is 2.15 bits per heavy atom. The van der Waals surface area contributed by atoms with Crippen molar-refractivity contribution in [3.8, 4) is 0 Å². The highest BCUT2D eigenvalue weighted by Crippen LogP contribution is 2.25. The molecular formula is C11H6BrClN4O3. The van der Waals surface area contributed by atoms with Crippen LogP contribution in [0.3, 0.4) is 0 Å². The Kier molecular flexibility index (Phi) is 4.26. The highest BCUT2D eigenvalue weighted by atomic mass is 79.9. The molecule has 0 radical (unpaired) electrons. The third kappa shape index (κ3) is 3.28. The van der Waals surface area contributed by atoms with Crippen LogP contribution in [0.5, 0.6) is 0 Å². The third-order valence-electron chi connectivity index (χ3n) is 2.27. The molecule has 0 aliphatic rings. The van der Waals surface area contributed by atoms with Crippen molar-refractivity contribution in [3.05, 3.63) is 55.9 Å². The highest BCUT2D eigenvalue weighted by molar-refractivity contribution is 9.10. The second-order valence-electron chi connectivity index (χ2n) is 3.59. The fourth-order valence-corrected chi connectivity index (χ4v) is 1.93. The first-order valence-electron chi connectivity index (χ1n) is 5.21. The van der Waals surface area contributed by atoms with E-state index in [1.807, 2.05) is 0 Å². The average Bonchev–Trinajstić information content (AvgIpc) is 2.38. The van der Waals surface area contributed by atoms with Crippen molar-refractivity contribution >= 4 is 44.9 Å². The lowest BCUT2D eigenvalue weighted by Gasteiger charge is -2.04. The molecule has 0 saturated carbocycles. The first kappa shape index (κ1) is 14.4. The Bertz CT molecular complexity index is 695. The number of halogens is 2. The molecule has 0 aliphatic heterocycles. The summed E-state index contributed by atoms with van der Waals surface area (Å²) in [4.78, 5) is 29.7. The Labute approximate surface area is 126 Å². The number of anilines is 1. The van der Waals surface area contributed by atoms with Crippen molar-refractivity contribution in [2.45, 2.75) is 0 Å². The van der Waals surface area contributed by atoms with E-state index in [0.717, 1.165) is 0 Å². The van der Waals surface area contributed by atoms with Crippen LogP contribution in [0.4, 0.5) is 11.5 Å². The summed E-state index contributed by atoms with van der Waals surface area (Å²) in [6.45, 7) is 0. The molecule has 2 aromatic rings. The minimum Gasteiger partial charge on any atom is -0.306 e. The lowest BCUT2D eigenvalue weighted by molar-refractivity contribution is -0.385. The van der Waals surface area contributed by atoms with Crippen molar-refractivity contribution in [1.82, 2.24) is 9.97 Å². The Morgan fingerprint density at radius 1 is 1.40 bits per heavy atom. The van der Waals surface area contributed by atoms with Gasteiger partial charge in [0.05, 0.1) is 9.40 Å². The van der Waals surface area contributed by atoms with Gasteiger partial charge in [-0.15, -0.1) is 0 Å². The predicted octanol–water partition coefficient (Wildman–Crippen LogP) is 3.05. The number of nitro groups is 1. The van der Waals surface area contributed by atoms with Crippen LogP contribution in [0, 0.1) is 10.1 Å². The summed E-state index contributed by atoms with van der Waals surface area (Å²) in [5.74, 6) is -0.323. The number of amides is 1. The molecule has 9 heteroatoms. The smallest absolute Gasteiger partial charge is 0.284 e. The topological polar surface area (TPSA) is 98.0 Å². The largest absolute Gasteiger partial charge is 0.306 e. The van der Waals surface area contributed by atoms with Crippen LogP contribution in [0.1, 0.15) is 10.4 Å². The molecule has 1 N–H and O–H groups in total. The van der Waals surface area contributed by atoms with Crippen molar-refractivity contribution < 1.29 is 9.72 Å². The van der Waals surface area contributed by atoms with Crippen LogP contribution in [-0.2, 0) is 0 Å². The van der Waals surface area contributed by atoms with E-state index in [0.29, 0.717) is 4.47 Å². The third-order valence-corrected chi connectivity index (χ3v) is 3.13. The minimum absolute atomic E-state index is 0.00964. The molecule has 7 nitrogen and oxygen atoms in total. The Hall–Kier alpha value is -2.06. The monoisotopic (exact) mass is 356 g/mol. The van der Waals surface area contributed by atoms with Gasteiger partial charge in [-0.25, -0.2) is 9.97 Å². The first-order chi connectivity index (χ1) is 9.47. The maximum atomic E-state index is 12.0. The fourth-order valence-electron chi connectivity index (χ4n) is 1.39. The molecule has 0 unspecified atom stereocenters. The van der Waals surface area contributed by atoms with Gasteiger partial charge in [0.2, 0.25) is 5.28 Å². The average molecular weight is 358 g/mol. The molecule has 1 aromatic heterocycles. The molecule has 0 saturated heterocycles. The van der Waals surface area contributed by atoms with Crippen molar-refractivity contribution in [3.63, 3.8) is 0 Å². The van der Waals surface area contributed by atoms with Crippen LogP contribution >= 0.6 is 27.5 Å². The number of rotatable bonds is 3. The number of carbonyl (C=O) groups excluding carboxylic acids is 1. The van der Waals surface area contributed by atoms with Gasteiger partial charge >= 0.3 is 0 Å². The molecular weight excluding hydrogens is 352 g/mol. The maximum absolute atomic E-state index is 12.0. The van der Waals surface area contributed by atoms with Crippen LogP contribution in [-0.4, -0.2) is 20.8 Å².